The third-order valence-corrected chi connectivity index (χ3v) is 2.40. The van der Waals surface area contributed by atoms with E-state index in [1.807, 2.05) is 13.8 Å². The normalized spacial score (nSPS) is 26.6. The smallest absolute Gasteiger partial charge is 0.407 e. The Hall–Kier alpha value is -0.770. The summed E-state index contributed by atoms with van der Waals surface area (Å²) >= 11 is 0. The van der Waals surface area contributed by atoms with Crippen molar-refractivity contribution in [1.82, 2.24) is 5.32 Å². The SMILES string of the molecule is COC1CCCC1NC(=O)OC(C)C. The average molecular weight is 201 g/mol. The molecule has 14 heavy (non-hydrogen) atoms. The Kier molecular flexibility index (Phi) is 4.20. The summed E-state index contributed by atoms with van der Waals surface area (Å²) in [6.07, 6.45) is 2.83. The highest BCUT2D eigenvalue weighted by atomic mass is 16.6. The van der Waals surface area contributed by atoms with E-state index in [2.05, 4.69) is 5.32 Å². The van der Waals surface area contributed by atoms with E-state index in [9.17, 15) is 4.79 Å². The van der Waals surface area contributed by atoms with E-state index in [0.29, 0.717) is 0 Å². The maximum atomic E-state index is 11.3. The van der Waals surface area contributed by atoms with E-state index in [4.69, 9.17) is 9.47 Å². The molecular weight excluding hydrogens is 182 g/mol. The lowest BCUT2D eigenvalue weighted by Crippen LogP contribution is -2.41. The van der Waals surface area contributed by atoms with Crippen molar-refractivity contribution >= 4 is 6.09 Å². The number of nitrogens with one attached hydrogen (secondary N) is 1. The number of rotatable bonds is 3. The van der Waals surface area contributed by atoms with Gasteiger partial charge in [-0.3, -0.25) is 0 Å². The van der Waals surface area contributed by atoms with Gasteiger partial charge < -0.3 is 14.8 Å². The zero-order chi connectivity index (χ0) is 10.6. The zero-order valence-corrected chi connectivity index (χ0v) is 9.08. The van der Waals surface area contributed by atoms with Crippen LogP contribution in [0.25, 0.3) is 0 Å². The van der Waals surface area contributed by atoms with E-state index in [1.54, 1.807) is 7.11 Å². The highest BCUT2D eigenvalue weighted by Gasteiger charge is 2.28. The molecule has 0 bridgehead atoms. The fourth-order valence-electron chi connectivity index (χ4n) is 1.77. The lowest BCUT2D eigenvalue weighted by atomic mass is 10.2. The molecule has 4 heteroatoms. The highest BCUT2D eigenvalue weighted by molar-refractivity contribution is 5.67. The molecule has 1 aliphatic rings. The first-order valence-corrected chi connectivity index (χ1v) is 5.13. The monoisotopic (exact) mass is 201 g/mol. The van der Waals surface area contributed by atoms with Gasteiger partial charge in [-0.25, -0.2) is 4.79 Å². The van der Waals surface area contributed by atoms with Crippen LogP contribution < -0.4 is 5.32 Å². The van der Waals surface area contributed by atoms with Crippen LogP contribution in [0.5, 0.6) is 0 Å². The molecule has 0 heterocycles. The van der Waals surface area contributed by atoms with Gasteiger partial charge in [0.25, 0.3) is 0 Å². The minimum absolute atomic E-state index is 0.0719. The van der Waals surface area contributed by atoms with Gasteiger partial charge in [0.05, 0.1) is 18.2 Å². The number of methoxy groups -OCH3 is 1. The predicted molar refractivity (Wildman–Crippen MR) is 53.2 cm³/mol. The van der Waals surface area contributed by atoms with Crippen molar-refractivity contribution < 1.29 is 14.3 Å². The van der Waals surface area contributed by atoms with Crippen molar-refractivity contribution in [3.05, 3.63) is 0 Å². The van der Waals surface area contributed by atoms with E-state index in [-0.39, 0.29) is 24.3 Å². The Morgan fingerprint density at radius 1 is 1.43 bits per heavy atom. The van der Waals surface area contributed by atoms with Crippen LogP contribution in [0.15, 0.2) is 0 Å². The topological polar surface area (TPSA) is 47.6 Å². The number of hydrogen-bond donors (Lipinski definition) is 1. The Bertz CT molecular complexity index is 194. The molecule has 4 nitrogen and oxygen atoms in total. The fraction of sp³-hybridized carbons (Fsp3) is 0.900. The molecule has 0 aromatic heterocycles. The maximum Gasteiger partial charge on any atom is 0.407 e. The molecule has 0 aromatic carbocycles. The van der Waals surface area contributed by atoms with Gasteiger partial charge in [-0.15, -0.1) is 0 Å². The number of amides is 1. The zero-order valence-electron chi connectivity index (χ0n) is 9.08. The summed E-state index contributed by atoms with van der Waals surface area (Å²) in [4.78, 5) is 11.3. The Morgan fingerprint density at radius 3 is 2.71 bits per heavy atom. The number of alkyl carbamates (subject to hydrolysis) is 1. The van der Waals surface area contributed by atoms with Gasteiger partial charge >= 0.3 is 6.09 Å². The molecule has 0 radical (unpaired) electrons. The number of hydrogen-bond acceptors (Lipinski definition) is 3. The summed E-state index contributed by atoms with van der Waals surface area (Å²) < 4.78 is 10.3. The second kappa shape index (κ2) is 5.20. The minimum atomic E-state index is -0.339. The molecule has 1 fully saturated rings. The number of ether oxygens (including phenoxy) is 2. The largest absolute Gasteiger partial charge is 0.447 e. The third kappa shape index (κ3) is 3.18. The molecule has 1 aliphatic carbocycles. The van der Waals surface area contributed by atoms with Crippen molar-refractivity contribution in [1.29, 1.82) is 0 Å². The predicted octanol–water partition coefficient (Wildman–Crippen LogP) is 1.69. The molecule has 2 atom stereocenters. The lowest BCUT2D eigenvalue weighted by Gasteiger charge is -2.20. The molecule has 1 rings (SSSR count). The molecule has 1 saturated carbocycles. The number of carbonyl (C=O) groups excluding carboxylic acids is 1. The molecule has 0 saturated heterocycles. The minimum Gasteiger partial charge on any atom is -0.447 e. The number of carbonyl (C=O) groups is 1. The summed E-state index contributed by atoms with van der Waals surface area (Å²) in [6, 6.07) is 0.117. The molecule has 0 spiro atoms. The Morgan fingerprint density at radius 2 is 2.14 bits per heavy atom. The molecule has 2 unspecified atom stereocenters. The van der Waals surface area contributed by atoms with E-state index < -0.39 is 0 Å². The van der Waals surface area contributed by atoms with Gasteiger partial charge in [-0.2, -0.15) is 0 Å². The standard InChI is InChI=1S/C10H19NO3/c1-7(2)14-10(12)11-8-5-4-6-9(8)13-3/h7-9H,4-6H2,1-3H3,(H,11,12). The first-order valence-electron chi connectivity index (χ1n) is 5.13. The average Bonchev–Trinajstić information content (AvgIpc) is 2.50. The van der Waals surface area contributed by atoms with Gasteiger partial charge in [0.2, 0.25) is 0 Å². The molecule has 0 aromatic rings. The van der Waals surface area contributed by atoms with Crippen molar-refractivity contribution in [3.8, 4) is 0 Å². The lowest BCUT2D eigenvalue weighted by molar-refractivity contribution is 0.0717. The van der Waals surface area contributed by atoms with Gasteiger partial charge in [0.1, 0.15) is 0 Å². The van der Waals surface area contributed by atoms with Crippen molar-refractivity contribution in [2.75, 3.05) is 7.11 Å². The molecular formula is C10H19NO3. The summed E-state index contributed by atoms with van der Waals surface area (Å²) in [5.74, 6) is 0. The van der Waals surface area contributed by atoms with Crippen molar-refractivity contribution in [2.45, 2.75) is 51.4 Å². The van der Waals surface area contributed by atoms with Crippen LogP contribution in [0.2, 0.25) is 0 Å². The molecule has 1 N–H and O–H groups in total. The van der Waals surface area contributed by atoms with Gasteiger partial charge in [-0.05, 0) is 33.1 Å². The van der Waals surface area contributed by atoms with Crippen LogP contribution in [0.4, 0.5) is 4.79 Å². The van der Waals surface area contributed by atoms with Crippen molar-refractivity contribution in [2.24, 2.45) is 0 Å². The van der Waals surface area contributed by atoms with Crippen LogP contribution in [0.1, 0.15) is 33.1 Å². The summed E-state index contributed by atoms with van der Waals surface area (Å²) in [5.41, 5.74) is 0. The summed E-state index contributed by atoms with van der Waals surface area (Å²) in [6.45, 7) is 3.67. The summed E-state index contributed by atoms with van der Waals surface area (Å²) in [5, 5.41) is 2.83. The van der Waals surface area contributed by atoms with E-state index in [1.165, 1.54) is 0 Å². The van der Waals surface area contributed by atoms with E-state index in [0.717, 1.165) is 19.3 Å². The maximum absolute atomic E-state index is 11.3. The van der Waals surface area contributed by atoms with Crippen molar-refractivity contribution in [3.63, 3.8) is 0 Å². The van der Waals surface area contributed by atoms with Gasteiger partial charge in [0, 0.05) is 7.11 Å². The first kappa shape index (κ1) is 11.3. The van der Waals surface area contributed by atoms with E-state index >= 15 is 0 Å². The highest BCUT2D eigenvalue weighted by Crippen LogP contribution is 2.21. The van der Waals surface area contributed by atoms with Crippen LogP contribution >= 0.6 is 0 Å². The quantitative estimate of drug-likeness (QED) is 0.755. The molecule has 82 valence electrons. The van der Waals surface area contributed by atoms with Gasteiger partial charge in [-0.1, -0.05) is 0 Å². The summed E-state index contributed by atoms with van der Waals surface area (Å²) in [7, 11) is 1.68. The van der Waals surface area contributed by atoms with Crippen LogP contribution in [0.3, 0.4) is 0 Å². The second-order valence-electron chi connectivity index (χ2n) is 3.91. The molecule has 0 aliphatic heterocycles. The Labute approximate surface area is 85.0 Å². The molecule has 1 amide bonds. The third-order valence-electron chi connectivity index (χ3n) is 2.40. The Balaban J connectivity index is 2.32. The second-order valence-corrected chi connectivity index (χ2v) is 3.91. The first-order chi connectivity index (χ1) is 6.63. The van der Waals surface area contributed by atoms with Gasteiger partial charge in [0.15, 0.2) is 0 Å². The van der Waals surface area contributed by atoms with Crippen LogP contribution in [0, 0.1) is 0 Å². The van der Waals surface area contributed by atoms with Crippen LogP contribution in [-0.2, 0) is 9.47 Å². The fourth-order valence-corrected chi connectivity index (χ4v) is 1.77. The van der Waals surface area contributed by atoms with Crippen LogP contribution in [-0.4, -0.2) is 31.5 Å².